The zero-order chi connectivity index (χ0) is 17.8. The molecule has 0 saturated carbocycles. The lowest BCUT2D eigenvalue weighted by atomic mass is 10.1. The average molecular weight is 327 g/mol. The molecule has 23 heavy (non-hydrogen) atoms. The average Bonchev–Trinajstić information content (AvgIpc) is 2.39. The summed E-state index contributed by atoms with van der Waals surface area (Å²) in [6.45, 7) is 5.06. The molecule has 0 aliphatic heterocycles. The smallest absolute Gasteiger partial charge is 0.412 e. The first-order chi connectivity index (χ1) is 10.5. The van der Waals surface area contributed by atoms with Crippen LogP contribution in [-0.4, -0.2) is 46.2 Å². The minimum atomic E-state index is -1.61. The summed E-state index contributed by atoms with van der Waals surface area (Å²) >= 11 is 0. The summed E-state index contributed by atoms with van der Waals surface area (Å²) in [5, 5.41) is 30.6. The van der Waals surface area contributed by atoms with Crippen molar-refractivity contribution in [1.29, 1.82) is 0 Å². The van der Waals surface area contributed by atoms with E-state index in [4.69, 9.17) is 14.6 Å². The number of rotatable bonds is 5. The van der Waals surface area contributed by atoms with E-state index in [1.165, 1.54) is 19.2 Å². The number of aromatic hydroxyl groups is 1. The minimum Gasteiger partial charge on any atom is -0.503 e. The van der Waals surface area contributed by atoms with Gasteiger partial charge in [-0.3, -0.25) is 5.32 Å². The number of phenolic OH excluding ortho intramolecular Hbond substituents is 1. The van der Waals surface area contributed by atoms with Gasteiger partial charge in [-0.05, 0) is 38.5 Å². The third-order valence-electron chi connectivity index (χ3n) is 2.70. The van der Waals surface area contributed by atoms with Gasteiger partial charge in [0.05, 0.1) is 12.8 Å². The molecule has 8 nitrogen and oxygen atoms in total. The molecule has 0 aliphatic rings. The van der Waals surface area contributed by atoms with Crippen LogP contribution in [0.5, 0.6) is 11.5 Å². The number of carbonyl (C=O) groups is 2. The molecule has 8 heteroatoms. The number of nitrogens with one attached hydrogen (secondary N) is 1. The molecular weight excluding hydrogens is 306 g/mol. The molecule has 1 aromatic rings. The molecule has 1 unspecified atom stereocenters. The highest BCUT2D eigenvalue weighted by Gasteiger charge is 2.21. The van der Waals surface area contributed by atoms with Crippen LogP contribution in [0.1, 0.15) is 26.3 Å². The van der Waals surface area contributed by atoms with Crippen molar-refractivity contribution in [2.24, 2.45) is 0 Å². The minimum absolute atomic E-state index is 0.00816. The number of aliphatic hydroxyl groups is 1. The van der Waals surface area contributed by atoms with Gasteiger partial charge in [-0.2, -0.15) is 0 Å². The number of hydrogen-bond acceptors (Lipinski definition) is 6. The third kappa shape index (κ3) is 5.67. The van der Waals surface area contributed by atoms with Gasteiger partial charge in [0.15, 0.2) is 17.6 Å². The van der Waals surface area contributed by atoms with Crippen LogP contribution in [0, 0.1) is 0 Å². The van der Waals surface area contributed by atoms with E-state index in [2.05, 4.69) is 5.32 Å². The van der Waals surface area contributed by atoms with E-state index >= 15 is 0 Å². The van der Waals surface area contributed by atoms with Crippen molar-refractivity contribution in [3.63, 3.8) is 0 Å². The van der Waals surface area contributed by atoms with Crippen molar-refractivity contribution < 1.29 is 34.4 Å². The van der Waals surface area contributed by atoms with Crippen molar-refractivity contribution in [2.75, 3.05) is 12.4 Å². The molecule has 1 aromatic carbocycles. The first-order valence-corrected chi connectivity index (χ1v) is 6.84. The molecule has 1 atom stereocenters. The van der Waals surface area contributed by atoms with Crippen LogP contribution in [0.3, 0.4) is 0 Å². The molecule has 128 valence electrons. The number of ether oxygens (including phenoxy) is 2. The monoisotopic (exact) mass is 327 g/mol. The van der Waals surface area contributed by atoms with Gasteiger partial charge in [0.1, 0.15) is 5.60 Å². The molecule has 0 aliphatic carbocycles. The van der Waals surface area contributed by atoms with Crippen molar-refractivity contribution in [1.82, 2.24) is 0 Å². The second-order valence-corrected chi connectivity index (χ2v) is 5.88. The Bertz CT molecular complexity index is 592. The molecular formula is C15H21NO7. The summed E-state index contributed by atoms with van der Waals surface area (Å²) in [6, 6.07) is 2.72. The summed E-state index contributed by atoms with van der Waals surface area (Å²) in [4.78, 5) is 22.5. The fraction of sp³-hybridized carbons (Fsp3) is 0.467. The largest absolute Gasteiger partial charge is 0.503 e. The number of phenols is 1. The Kier molecular flexibility index (Phi) is 5.80. The number of carboxylic acids is 1. The molecule has 0 radical (unpaired) electrons. The van der Waals surface area contributed by atoms with Gasteiger partial charge in [0, 0.05) is 6.42 Å². The van der Waals surface area contributed by atoms with Gasteiger partial charge < -0.3 is 24.8 Å². The topological polar surface area (TPSA) is 125 Å². The summed E-state index contributed by atoms with van der Waals surface area (Å²) in [5.74, 6) is -1.67. The Hall–Kier alpha value is -2.48. The highest BCUT2D eigenvalue weighted by Crippen LogP contribution is 2.36. The van der Waals surface area contributed by atoms with Crippen molar-refractivity contribution in [2.45, 2.75) is 38.9 Å². The quantitative estimate of drug-likeness (QED) is 0.607. The molecule has 4 N–H and O–H groups in total. The standard InChI is InChI=1S/C15H21NO7/c1-15(2,3)23-14(21)16-9-5-8(6-10(17)13(19)20)7-11(22-4)12(9)18/h5,7,10,17-18H,6H2,1-4H3,(H,16,21)(H,19,20). The van der Waals surface area contributed by atoms with E-state index < -0.39 is 23.8 Å². The maximum atomic E-state index is 11.8. The molecule has 0 bridgehead atoms. The van der Waals surface area contributed by atoms with Crippen LogP contribution < -0.4 is 10.1 Å². The molecule has 0 spiro atoms. The van der Waals surface area contributed by atoms with Crippen LogP contribution in [0.15, 0.2) is 12.1 Å². The lowest BCUT2D eigenvalue weighted by Gasteiger charge is -2.20. The third-order valence-corrected chi connectivity index (χ3v) is 2.70. The maximum Gasteiger partial charge on any atom is 0.412 e. The Balaban J connectivity index is 3.06. The molecule has 1 amide bonds. The van der Waals surface area contributed by atoms with E-state index in [0.29, 0.717) is 5.56 Å². The Morgan fingerprint density at radius 2 is 1.91 bits per heavy atom. The number of methoxy groups -OCH3 is 1. The second kappa shape index (κ2) is 7.19. The van der Waals surface area contributed by atoms with Crippen molar-refractivity contribution in [3.05, 3.63) is 17.7 Å². The van der Waals surface area contributed by atoms with E-state index in [1.54, 1.807) is 20.8 Å². The first-order valence-electron chi connectivity index (χ1n) is 6.84. The number of hydrogen-bond donors (Lipinski definition) is 4. The molecule has 1 rings (SSSR count). The van der Waals surface area contributed by atoms with Gasteiger partial charge in [-0.25, -0.2) is 9.59 Å². The molecule has 0 fully saturated rings. The van der Waals surface area contributed by atoms with E-state index in [9.17, 15) is 19.8 Å². The normalized spacial score (nSPS) is 12.4. The first kappa shape index (κ1) is 18.6. The summed E-state index contributed by atoms with van der Waals surface area (Å²) in [5.41, 5.74) is -0.368. The van der Waals surface area contributed by atoms with E-state index in [0.717, 1.165) is 0 Å². The predicted octanol–water partition coefficient (Wildman–Crippen LogP) is 1.74. The lowest BCUT2D eigenvalue weighted by Crippen LogP contribution is -2.27. The SMILES string of the molecule is COc1cc(CC(O)C(=O)O)cc(NC(=O)OC(C)(C)C)c1O. The summed E-state index contributed by atoms with van der Waals surface area (Å²) in [6.07, 6.45) is -2.61. The van der Waals surface area contributed by atoms with Gasteiger partial charge in [0.2, 0.25) is 0 Å². The van der Waals surface area contributed by atoms with Crippen molar-refractivity contribution in [3.8, 4) is 11.5 Å². The van der Waals surface area contributed by atoms with Crippen molar-refractivity contribution >= 4 is 17.7 Å². The Morgan fingerprint density at radius 3 is 2.39 bits per heavy atom. The van der Waals surface area contributed by atoms with Gasteiger partial charge in [-0.1, -0.05) is 0 Å². The van der Waals surface area contributed by atoms with Gasteiger partial charge >= 0.3 is 12.1 Å². The highest BCUT2D eigenvalue weighted by atomic mass is 16.6. The number of carboxylic acid groups (broad SMARTS) is 1. The van der Waals surface area contributed by atoms with Crippen LogP contribution in [0.4, 0.5) is 10.5 Å². The number of anilines is 1. The van der Waals surface area contributed by atoms with Crippen LogP contribution >= 0.6 is 0 Å². The lowest BCUT2D eigenvalue weighted by molar-refractivity contribution is -0.146. The van der Waals surface area contributed by atoms with Crippen LogP contribution in [-0.2, 0) is 16.0 Å². The molecule has 0 heterocycles. The van der Waals surface area contributed by atoms with Crippen LogP contribution in [0.25, 0.3) is 0 Å². The zero-order valence-electron chi connectivity index (χ0n) is 13.4. The van der Waals surface area contributed by atoms with Crippen LogP contribution in [0.2, 0.25) is 0 Å². The summed E-state index contributed by atoms with van der Waals surface area (Å²) in [7, 11) is 1.31. The Labute approximate surface area is 133 Å². The Morgan fingerprint density at radius 1 is 1.30 bits per heavy atom. The summed E-state index contributed by atoms with van der Waals surface area (Å²) < 4.78 is 10.1. The fourth-order valence-corrected chi connectivity index (χ4v) is 1.76. The van der Waals surface area contributed by atoms with Gasteiger partial charge in [0.25, 0.3) is 0 Å². The number of carbonyl (C=O) groups excluding carboxylic acids is 1. The maximum absolute atomic E-state index is 11.8. The molecule has 0 saturated heterocycles. The number of benzene rings is 1. The zero-order valence-corrected chi connectivity index (χ0v) is 13.4. The number of amides is 1. The second-order valence-electron chi connectivity index (χ2n) is 5.88. The predicted molar refractivity (Wildman–Crippen MR) is 81.9 cm³/mol. The fourth-order valence-electron chi connectivity index (χ4n) is 1.76. The molecule has 0 aromatic heterocycles. The number of aliphatic carboxylic acids is 1. The van der Waals surface area contributed by atoms with Gasteiger partial charge in [-0.15, -0.1) is 0 Å². The van der Waals surface area contributed by atoms with E-state index in [1.807, 2.05) is 0 Å². The number of aliphatic hydroxyl groups excluding tert-OH is 1. The van der Waals surface area contributed by atoms with E-state index in [-0.39, 0.29) is 23.6 Å². The highest BCUT2D eigenvalue weighted by molar-refractivity contribution is 5.88.